The van der Waals surface area contributed by atoms with Crippen LogP contribution in [0.25, 0.3) is 11.0 Å². The number of primary sulfonamides is 1. The number of nitrogens with zero attached hydrogens (tertiary/aromatic N) is 4. The number of benzene rings is 2. The first-order chi connectivity index (χ1) is 19.8. The molecular formula is C31H46N6O3S. The van der Waals surface area contributed by atoms with Crippen LogP contribution in [0.5, 0.6) is 0 Å². The zero-order valence-electron chi connectivity index (χ0n) is 24.6. The number of hydrogen-bond donors (Lipinski definition) is 2. The largest absolute Gasteiger partial charge is 0.352 e. The van der Waals surface area contributed by atoms with E-state index >= 15 is 0 Å². The summed E-state index contributed by atoms with van der Waals surface area (Å²) in [6.45, 7) is 10.5. The summed E-state index contributed by atoms with van der Waals surface area (Å²) in [5.41, 5.74) is 3.42. The first-order valence-electron chi connectivity index (χ1n) is 15.2. The minimum Gasteiger partial charge on any atom is -0.352 e. The lowest BCUT2D eigenvalue weighted by atomic mass is 10.1. The molecule has 0 radical (unpaired) electrons. The predicted octanol–water partition coefficient (Wildman–Crippen LogP) is 5.21. The number of carbonyl (C=O) groups is 1. The molecule has 1 aliphatic heterocycles. The van der Waals surface area contributed by atoms with E-state index in [2.05, 4.69) is 28.6 Å². The van der Waals surface area contributed by atoms with Gasteiger partial charge in [-0.05, 0) is 87.6 Å². The number of piperidine rings is 1. The smallest absolute Gasteiger partial charge is 0.253 e. The summed E-state index contributed by atoms with van der Waals surface area (Å²) in [4.78, 5) is 23.1. The number of nitrogens with two attached hydrogens (primary N) is 1. The summed E-state index contributed by atoms with van der Waals surface area (Å²) in [6, 6.07) is 12.4. The summed E-state index contributed by atoms with van der Waals surface area (Å²) >= 11 is 0. The van der Waals surface area contributed by atoms with Crippen LogP contribution in [0.4, 0.5) is 5.95 Å². The van der Waals surface area contributed by atoms with E-state index in [0.717, 1.165) is 93.9 Å². The van der Waals surface area contributed by atoms with Crippen molar-refractivity contribution in [3.8, 4) is 0 Å². The molecule has 3 aromatic rings. The third-order valence-electron chi connectivity index (χ3n) is 7.85. The Labute approximate surface area is 245 Å². The van der Waals surface area contributed by atoms with E-state index < -0.39 is 10.0 Å². The highest BCUT2D eigenvalue weighted by Gasteiger charge is 2.19. The molecule has 4 rings (SSSR count). The fourth-order valence-corrected chi connectivity index (χ4v) is 5.94. The molecular weight excluding hydrogens is 536 g/mol. The minimum absolute atomic E-state index is 0.0827. The number of imidazole rings is 1. The Morgan fingerprint density at radius 1 is 0.951 bits per heavy atom. The topological polar surface area (TPSA) is 114 Å². The molecule has 224 valence electrons. The van der Waals surface area contributed by atoms with Crippen molar-refractivity contribution in [2.75, 3.05) is 38.0 Å². The molecule has 1 amide bonds. The van der Waals surface area contributed by atoms with Crippen LogP contribution in [0.2, 0.25) is 0 Å². The number of sulfonamides is 1. The highest BCUT2D eigenvalue weighted by atomic mass is 32.2. The third-order valence-corrected chi connectivity index (χ3v) is 8.78. The highest BCUT2D eigenvalue weighted by Crippen LogP contribution is 2.24. The fraction of sp³-hybridized carbons (Fsp3) is 0.548. The van der Waals surface area contributed by atoms with Gasteiger partial charge in [0.15, 0.2) is 0 Å². The van der Waals surface area contributed by atoms with E-state index in [4.69, 9.17) is 10.1 Å². The van der Waals surface area contributed by atoms with Gasteiger partial charge < -0.3 is 19.7 Å². The summed E-state index contributed by atoms with van der Waals surface area (Å²) in [7, 11) is -3.73. The number of anilines is 1. The molecule has 2 aromatic carbocycles. The Morgan fingerprint density at radius 3 is 2.27 bits per heavy atom. The average molecular weight is 583 g/mol. The molecule has 0 unspecified atom stereocenters. The van der Waals surface area contributed by atoms with Crippen molar-refractivity contribution in [1.82, 2.24) is 19.4 Å². The van der Waals surface area contributed by atoms with Gasteiger partial charge in [0, 0.05) is 31.7 Å². The zero-order chi connectivity index (χ0) is 29.2. The normalized spacial score (nSPS) is 14.4. The fourth-order valence-electron chi connectivity index (χ4n) is 5.43. The number of unbranched alkanes of at least 4 members (excludes halogenated alkanes) is 2. The van der Waals surface area contributed by atoms with Gasteiger partial charge in [0.2, 0.25) is 16.0 Å². The van der Waals surface area contributed by atoms with Gasteiger partial charge in [-0.2, -0.15) is 0 Å². The molecule has 1 fully saturated rings. The van der Waals surface area contributed by atoms with Crippen molar-refractivity contribution in [2.24, 2.45) is 5.14 Å². The standard InChI is InChI=1S/C31H46N6O3S/c1-3-5-20-36(21-6-4-2)30(38)26-13-16-28-29(23-26)37(22-10-19-35-17-8-7-9-18-35)31(34-28)33-24-25-11-14-27(15-12-25)41(32,39)40/h11-16,23H,3-10,17-22,24H2,1-2H3,(H,33,34)(H2,32,39,40). The van der Waals surface area contributed by atoms with Crippen LogP contribution in [-0.4, -0.2) is 66.4 Å². The van der Waals surface area contributed by atoms with Crippen LogP contribution in [0, 0.1) is 0 Å². The average Bonchev–Trinajstić information content (AvgIpc) is 3.32. The quantitative estimate of drug-likeness (QED) is 0.254. The number of amides is 1. The van der Waals surface area contributed by atoms with Crippen molar-refractivity contribution in [3.05, 3.63) is 53.6 Å². The van der Waals surface area contributed by atoms with Crippen LogP contribution >= 0.6 is 0 Å². The lowest BCUT2D eigenvalue weighted by Crippen LogP contribution is -2.33. The molecule has 0 aliphatic carbocycles. The second-order valence-electron chi connectivity index (χ2n) is 11.1. The maximum atomic E-state index is 13.6. The van der Waals surface area contributed by atoms with Crippen molar-refractivity contribution in [1.29, 1.82) is 0 Å². The van der Waals surface area contributed by atoms with E-state index in [9.17, 15) is 13.2 Å². The monoisotopic (exact) mass is 582 g/mol. The van der Waals surface area contributed by atoms with E-state index in [1.807, 2.05) is 23.1 Å². The summed E-state index contributed by atoms with van der Waals surface area (Å²) in [5, 5.41) is 8.70. The molecule has 1 aromatic heterocycles. The van der Waals surface area contributed by atoms with Gasteiger partial charge in [-0.15, -0.1) is 0 Å². The summed E-state index contributed by atoms with van der Waals surface area (Å²) in [6.07, 6.45) is 8.94. The number of carbonyl (C=O) groups excluding carboxylic acids is 1. The molecule has 3 N–H and O–H groups in total. The second kappa shape index (κ2) is 14.8. The Balaban J connectivity index is 1.57. The van der Waals surface area contributed by atoms with Gasteiger partial charge in [0.05, 0.1) is 15.9 Å². The maximum Gasteiger partial charge on any atom is 0.253 e. The minimum atomic E-state index is -3.73. The number of aryl methyl sites for hydroxylation is 1. The van der Waals surface area contributed by atoms with Crippen molar-refractivity contribution < 1.29 is 13.2 Å². The van der Waals surface area contributed by atoms with Gasteiger partial charge in [0.25, 0.3) is 5.91 Å². The Hall–Kier alpha value is -2.95. The molecule has 0 saturated carbocycles. The molecule has 1 aliphatic rings. The van der Waals surface area contributed by atoms with Crippen LogP contribution in [0.1, 0.15) is 81.1 Å². The summed E-state index contributed by atoms with van der Waals surface area (Å²) < 4.78 is 25.4. The molecule has 10 heteroatoms. The van der Waals surface area contributed by atoms with E-state index in [0.29, 0.717) is 12.1 Å². The predicted molar refractivity (Wildman–Crippen MR) is 166 cm³/mol. The first-order valence-corrected chi connectivity index (χ1v) is 16.7. The summed E-state index contributed by atoms with van der Waals surface area (Å²) in [5.74, 6) is 0.826. The molecule has 0 bridgehead atoms. The molecule has 0 spiro atoms. The molecule has 41 heavy (non-hydrogen) atoms. The van der Waals surface area contributed by atoms with Crippen LogP contribution in [0.15, 0.2) is 47.4 Å². The SMILES string of the molecule is CCCCN(CCCC)C(=O)c1ccc2nc(NCc3ccc(S(N)(=O)=O)cc3)n(CCCN3CCCCC3)c2c1. The molecule has 1 saturated heterocycles. The Bertz CT molecular complexity index is 1370. The number of nitrogens with one attached hydrogen (secondary N) is 1. The Morgan fingerprint density at radius 2 is 1.63 bits per heavy atom. The maximum absolute atomic E-state index is 13.6. The van der Waals surface area contributed by atoms with E-state index in [-0.39, 0.29) is 10.8 Å². The molecule has 0 atom stereocenters. The number of likely N-dealkylation sites (tertiary alicyclic amines) is 1. The molecule has 9 nitrogen and oxygen atoms in total. The zero-order valence-corrected chi connectivity index (χ0v) is 25.5. The van der Waals surface area contributed by atoms with Gasteiger partial charge in [0.1, 0.15) is 0 Å². The van der Waals surface area contributed by atoms with Crippen LogP contribution in [-0.2, 0) is 23.1 Å². The number of fused-ring (bicyclic) bond motifs is 1. The molecule has 2 heterocycles. The first kappa shape index (κ1) is 31.0. The van der Waals surface area contributed by atoms with E-state index in [1.165, 1.54) is 31.4 Å². The lowest BCUT2D eigenvalue weighted by molar-refractivity contribution is 0.0751. The number of rotatable bonds is 15. The highest BCUT2D eigenvalue weighted by molar-refractivity contribution is 7.89. The van der Waals surface area contributed by atoms with Crippen molar-refractivity contribution in [2.45, 2.75) is 83.2 Å². The number of aromatic nitrogens is 2. The second-order valence-corrected chi connectivity index (χ2v) is 12.6. The lowest BCUT2D eigenvalue weighted by Gasteiger charge is -2.26. The van der Waals surface area contributed by atoms with Gasteiger partial charge in [-0.3, -0.25) is 4.79 Å². The number of hydrogen-bond acceptors (Lipinski definition) is 6. The van der Waals surface area contributed by atoms with Gasteiger partial charge in [-0.25, -0.2) is 18.5 Å². The van der Waals surface area contributed by atoms with Crippen molar-refractivity contribution in [3.63, 3.8) is 0 Å². The van der Waals surface area contributed by atoms with Crippen molar-refractivity contribution >= 4 is 32.9 Å². The van der Waals surface area contributed by atoms with E-state index in [1.54, 1.807) is 12.1 Å². The third kappa shape index (κ3) is 8.53. The van der Waals surface area contributed by atoms with Crippen LogP contribution in [0.3, 0.4) is 0 Å². The van der Waals surface area contributed by atoms with Gasteiger partial charge >= 0.3 is 0 Å². The van der Waals surface area contributed by atoms with Crippen LogP contribution < -0.4 is 10.5 Å². The van der Waals surface area contributed by atoms with Gasteiger partial charge in [-0.1, -0.05) is 45.2 Å². The Kier molecular flexibility index (Phi) is 11.2.